The van der Waals surface area contributed by atoms with E-state index >= 15 is 0 Å². The van der Waals surface area contributed by atoms with Gasteiger partial charge in [0.1, 0.15) is 0 Å². The molecule has 1 aliphatic rings. The highest BCUT2D eigenvalue weighted by Gasteiger charge is 2.24. The van der Waals surface area contributed by atoms with Crippen LogP contribution in [0.5, 0.6) is 11.5 Å². The Labute approximate surface area is 167 Å². The molecule has 8 heteroatoms. The zero-order valence-corrected chi connectivity index (χ0v) is 16.2. The maximum atomic E-state index is 12.6. The number of amides is 2. The smallest absolute Gasteiger partial charge is 0.337 e. The van der Waals surface area contributed by atoms with E-state index in [1.807, 2.05) is 0 Å². The van der Waals surface area contributed by atoms with Gasteiger partial charge < -0.3 is 25.2 Å². The minimum absolute atomic E-state index is 0.00824. The summed E-state index contributed by atoms with van der Waals surface area (Å²) in [6.45, 7) is 1.95. The van der Waals surface area contributed by atoms with Gasteiger partial charge in [-0.2, -0.15) is 0 Å². The second-order valence-electron chi connectivity index (χ2n) is 6.45. The summed E-state index contributed by atoms with van der Waals surface area (Å²) in [6.07, 6.45) is 1.33. The molecule has 0 fully saturated rings. The molecule has 0 bridgehead atoms. The third-order valence-corrected chi connectivity index (χ3v) is 4.52. The first-order valence-corrected chi connectivity index (χ1v) is 8.74. The lowest BCUT2D eigenvalue weighted by molar-refractivity contribution is -0.111. The van der Waals surface area contributed by atoms with Gasteiger partial charge >= 0.3 is 5.97 Å². The number of methoxy groups -OCH3 is 2. The van der Waals surface area contributed by atoms with Crippen molar-refractivity contribution in [3.63, 3.8) is 0 Å². The lowest BCUT2D eigenvalue weighted by Crippen LogP contribution is -2.31. The number of nitrogens with one attached hydrogen (secondary N) is 2. The molecule has 29 heavy (non-hydrogen) atoms. The number of aryl methyl sites for hydroxylation is 1. The quantitative estimate of drug-likeness (QED) is 0.669. The summed E-state index contributed by atoms with van der Waals surface area (Å²) in [5.74, 6) is -1.10. The van der Waals surface area contributed by atoms with Crippen LogP contribution >= 0.6 is 0 Å². The normalized spacial score (nSPS) is 14.0. The molecule has 150 valence electrons. The molecule has 0 saturated carbocycles. The van der Waals surface area contributed by atoms with Crippen molar-refractivity contribution in [3.05, 3.63) is 58.7 Å². The lowest BCUT2D eigenvalue weighted by Gasteiger charge is -2.21. The van der Waals surface area contributed by atoms with E-state index in [4.69, 9.17) is 9.47 Å². The fourth-order valence-corrected chi connectivity index (χ4v) is 3.10. The highest BCUT2D eigenvalue weighted by molar-refractivity contribution is 6.11. The van der Waals surface area contributed by atoms with Crippen LogP contribution in [0.1, 0.15) is 31.8 Å². The van der Waals surface area contributed by atoms with Gasteiger partial charge in [0.25, 0.3) is 5.91 Å². The number of hydrogen-bond acceptors (Lipinski definition) is 5. The average molecular weight is 396 g/mol. The molecule has 0 aromatic heterocycles. The molecule has 2 aromatic carbocycles. The fourth-order valence-electron chi connectivity index (χ4n) is 3.10. The van der Waals surface area contributed by atoms with Gasteiger partial charge in [-0.3, -0.25) is 9.59 Å². The van der Waals surface area contributed by atoms with Crippen molar-refractivity contribution < 1.29 is 29.0 Å². The summed E-state index contributed by atoms with van der Waals surface area (Å²) in [5.41, 5.74) is 2.46. The Balaban J connectivity index is 1.97. The number of benzene rings is 2. The van der Waals surface area contributed by atoms with Crippen LogP contribution in [0, 0.1) is 6.92 Å². The maximum absolute atomic E-state index is 12.6. The van der Waals surface area contributed by atoms with Crippen LogP contribution in [0.3, 0.4) is 0 Å². The predicted molar refractivity (Wildman–Crippen MR) is 107 cm³/mol. The number of carbonyl (C=O) groups is 3. The molecule has 8 nitrogen and oxygen atoms in total. The van der Waals surface area contributed by atoms with E-state index < -0.39 is 11.9 Å². The molecule has 0 unspecified atom stereocenters. The van der Waals surface area contributed by atoms with Crippen LogP contribution in [-0.2, 0) is 4.79 Å². The molecule has 0 radical (unpaired) electrons. The van der Waals surface area contributed by atoms with Gasteiger partial charge in [0.2, 0.25) is 5.91 Å². The van der Waals surface area contributed by atoms with E-state index in [-0.39, 0.29) is 23.7 Å². The zero-order chi connectivity index (χ0) is 21.1. The Bertz CT molecular complexity index is 1040. The Kier molecular flexibility index (Phi) is 5.54. The van der Waals surface area contributed by atoms with Crippen molar-refractivity contribution in [2.24, 2.45) is 0 Å². The second kappa shape index (κ2) is 8.05. The van der Waals surface area contributed by atoms with E-state index in [1.54, 1.807) is 31.2 Å². The SMILES string of the molecule is COc1cc2c(cc1OC)C(=CC(=O)Nc1cc(C)ccc1C(=O)O)CNC2=O. The molecule has 2 amide bonds. The summed E-state index contributed by atoms with van der Waals surface area (Å²) in [7, 11) is 2.95. The van der Waals surface area contributed by atoms with Gasteiger partial charge in [0.05, 0.1) is 31.0 Å². The molecule has 0 saturated heterocycles. The molecule has 2 aromatic rings. The maximum Gasteiger partial charge on any atom is 0.337 e. The van der Waals surface area contributed by atoms with Crippen LogP contribution in [0.2, 0.25) is 0 Å². The van der Waals surface area contributed by atoms with Crippen molar-refractivity contribution in [1.82, 2.24) is 5.32 Å². The van der Waals surface area contributed by atoms with Crippen molar-refractivity contribution >= 4 is 29.0 Å². The Morgan fingerprint density at radius 2 is 1.76 bits per heavy atom. The number of carbonyl (C=O) groups excluding carboxylic acids is 2. The fraction of sp³-hybridized carbons (Fsp3) is 0.190. The standard InChI is InChI=1S/C21H20N2O6/c1-11-4-5-13(21(26)27)16(6-11)23-19(24)7-12-10-22-20(25)15-9-18(29-3)17(28-2)8-14(12)15/h4-9H,10H2,1-3H3,(H,22,25)(H,23,24)(H,26,27). The number of hydrogen-bond donors (Lipinski definition) is 3. The lowest BCUT2D eigenvalue weighted by atomic mass is 9.94. The van der Waals surface area contributed by atoms with Crippen molar-refractivity contribution in [1.29, 1.82) is 0 Å². The van der Waals surface area contributed by atoms with Crippen LogP contribution in [0.25, 0.3) is 5.57 Å². The van der Waals surface area contributed by atoms with E-state index in [0.717, 1.165) is 5.56 Å². The van der Waals surface area contributed by atoms with Crippen LogP contribution in [0.15, 0.2) is 36.4 Å². The predicted octanol–water partition coefficient (Wildman–Crippen LogP) is 2.48. The highest BCUT2D eigenvalue weighted by atomic mass is 16.5. The van der Waals surface area contributed by atoms with Crippen molar-refractivity contribution in [3.8, 4) is 11.5 Å². The molecular weight excluding hydrogens is 376 g/mol. The van der Waals surface area contributed by atoms with Gasteiger partial charge in [-0.05, 0) is 47.9 Å². The Morgan fingerprint density at radius 1 is 1.10 bits per heavy atom. The third kappa shape index (κ3) is 4.06. The van der Waals surface area contributed by atoms with Gasteiger partial charge in [-0.1, -0.05) is 6.07 Å². The van der Waals surface area contributed by atoms with Crippen LogP contribution in [0.4, 0.5) is 5.69 Å². The molecular formula is C21H20N2O6. The summed E-state index contributed by atoms with van der Waals surface area (Å²) >= 11 is 0. The summed E-state index contributed by atoms with van der Waals surface area (Å²) in [6, 6.07) is 7.88. The van der Waals surface area contributed by atoms with E-state index in [2.05, 4.69) is 10.6 Å². The van der Waals surface area contributed by atoms with Gasteiger partial charge in [0, 0.05) is 12.6 Å². The number of ether oxygens (including phenoxy) is 2. The number of anilines is 1. The van der Waals surface area contributed by atoms with Gasteiger partial charge in [-0.15, -0.1) is 0 Å². The first-order chi connectivity index (χ1) is 13.8. The van der Waals surface area contributed by atoms with E-state index in [0.29, 0.717) is 28.2 Å². The molecule has 0 spiro atoms. The average Bonchev–Trinajstić information content (AvgIpc) is 2.69. The zero-order valence-electron chi connectivity index (χ0n) is 16.2. The topological polar surface area (TPSA) is 114 Å². The number of carboxylic acid groups (broad SMARTS) is 1. The number of aromatic carboxylic acids is 1. The van der Waals surface area contributed by atoms with Crippen molar-refractivity contribution in [2.45, 2.75) is 6.92 Å². The van der Waals surface area contributed by atoms with Gasteiger partial charge in [-0.25, -0.2) is 4.79 Å². The molecule has 0 aliphatic carbocycles. The van der Waals surface area contributed by atoms with E-state index in [9.17, 15) is 19.5 Å². The largest absolute Gasteiger partial charge is 0.493 e. The Hall–Kier alpha value is -3.81. The van der Waals surface area contributed by atoms with E-state index in [1.165, 1.54) is 26.4 Å². The van der Waals surface area contributed by atoms with Crippen molar-refractivity contribution in [2.75, 3.05) is 26.1 Å². The third-order valence-electron chi connectivity index (χ3n) is 4.52. The summed E-state index contributed by atoms with van der Waals surface area (Å²) < 4.78 is 10.5. The molecule has 0 atom stereocenters. The Morgan fingerprint density at radius 3 is 2.38 bits per heavy atom. The summed E-state index contributed by atoms with van der Waals surface area (Å²) in [4.78, 5) is 36.2. The second-order valence-corrected chi connectivity index (χ2v) is 6.45. The minimum Gasteiger partial charge on any atom is -0.493 e. The van der Waals surface area contributed by atoms with Gasteiger partial charge in [0.15, 0.2) is 11.5 Å². The van der Waals surface area contributed by atoms with Crippen LogP contribution in [-0.4, -0.2) is 43.7 Å². The highest BCUT2D eigenvalue weighted by Crippen LogP contribution is 2.35. The molecule has 3 rings (SSSR count). The minimum atomic E-state index is -1.14. The first-order valence-electron chi connectivity index (χ1n) is 8.74. The number of rotatable bonds is 5. The molecule has 1 aliphatic heterocycles. The van der Waals surface area contributed by atoms with Crippen LogP contribution < -0.4 is 20.1 Å². The monoisotopic (exact) mass is 396 g/mol. The summed E-state index contributed by atoms with van der Waals surface area (Å²) in [5, 5.41) is 14.6. The first kappa shape index (κ1) is 19.9. The number of carboxylic acids is 1. The molecule has 1 heterocycles. The molecule has 3 N–H and O–H groups in total. The number of fused-ring (bicyclic) bond motifs is 1.